The molecule has 1 saturated heterocycles. The molecular formula is C13H14O4S2. The number of carbonyl (C=O) groups is 2. The van der Waals surface area contributed by atoms with Crippen LogP contribution in [0.4, 0.5) is 0 Å². The minimum absolute atomic E-state index is 0.122. The highest BCUT2D eigenvalue weighted by molar-refractivity contribution is 8.20. The summed E-state index contributed by atoms with van der Waals surface area (Å²) in [7, 11) is 0. The Kier molecular flexibility index (Phi) is 5.15. The van der Waals surface area contributed by atoms with Gasteiger partial charge in [0.1, 0.15) is 6.61 Å². The molecule has 0 unspecified atom stereocenters. The predicted molar refractivity (Wildman–Crippen MR) is 76.1 cm³/mol. The quantitative estimate of drug-likeness (QED) is 0.796. The molecule has 1 fully saturated rings. The number of hydrogen-bond donors (Lipinski definition) is 0. The Morgan fingerprint density at radius 3 is 2.74 bits per heavy atom. The van der Waals surface area contributed by atoms with E-state index in [4.69, 9.17) is 9.47 Å². The van der Waals surface area contributed by atoms with Crippen molar-refractivity contribution >= 4 is 35.5 Å². The van der Waals surface area contributed by atoms with E-state index in [0.717, 1.165) is 5.75 Å². The van der Waals surface area contributed by atoms with Gasteiger partial charge >= 0.3 is 11.9 Å². The molecule has 0 saturated carbocycles. The molecule has 1 aliphatic heterocycles. The Bertz CT molecular complexity index is 449. The normalized spacial score (nSPS) is 21.9. The van der Waals surface area contributed by atoms with E-state index in [1.54, 1.807) is 36.0 Å². The summed E-state index contributed by atoms with van der Waals surface area (Å²) in [6.07, 6.45) is 0. The number of esters is 2. The fraction of sp³-hybridized carbons (Fsp3) is 0.385. The Labute approximate surface area is 120 Å². The number of rotatable bonds is 4. The highest BCUT2D eigenvalue weighted by atomic mass is 32.2. The van der Waals surface area contributed by atoms with E-state index in [9.17, 15) is 9.59 Å². The average Bonchev–Trinajstić information content (AvgIpc) is 2.84. The Hall–Kier alpha value is -1.14. The van der Waals surface area contributed by atoms with Gasteiger partial charge in [-0.25, -0.2) is 4.79 Å². The molecule has 1 aromatic rings. The summed E-state index contributed by atoms with van der Waals surface area (Å²) in [6.45, 7) is 1.72. The van der Waals surface area contributed by atoms with Crippen LogP contribution in [-0.2, 0) is 14.3 Å². The third kappa shape index (κ3) is 4.47. The Morgan fingerprint density at radius 2 is 2.05 bits per heavy atom. The SMILES string of the molecule is CC(=O)O[C@@H]1CS[C@H](COC(=O)c2ccccc2)S1. The number of thioether (sulfide) groups is 2. The fourth-order valence-electron chi connectivity index (χ4n) is 1.57. The molecule has 0 bridgehead atoms. The zero-order valence-corrected chi connectivity index (χ0v) is 12.0. The minimum Gasteiger partial charge on any atom is -0.460 e. The van der Waals surface area contributed by atoms with E-state index in [2.05, 4.69) is 0 Å². The van der Waals surface area contributed by atoms with Crippen molar-refractivity contribution in [2.45, 2.75) is 16.9 Å². The maximum atomic E-state index is 11.7. The molecule has 0 radical (unpaired) electrons. The molecule has 19 heavy (non-hydrogen) atoms. The molecule has 2 rings (SSSR count). The molecular weight excluding hydrogens is 284 g/mol. The van der Waals surface area contributed by atoms with E-state index >= 15 is 0 Å². The molecule has 0 spiro atoms. The van der Waals surface area contributed by atoms with Gasteiger partial charge in [0, 0.05) is 12.7 Å². The van der Waals surface area contributed by atoms with Gasteiger partial charge in [-0.05, 0) is 12.1 Å². The van der Waals surface area contributed by atoms with Gasteiger partial charge in [0.05, 0.1) is 10.1 Å². The van der Waals surface area contributed by atoms with Crippen LogP contribution in [0.3, 0.4) is 0 Å². The molecule has 0 aromatic heterocycles. The standard InChI is InChI=1S/C13H14O4S2/c1-9(14)17-11-8-18-12(19-11)7-16-13(15)10-5-3-2-4-6-10/h2-6,11-12H,7-8H2,1H3/t11-,12-/m0/s1. The third-order valence-electron chi connectivity index (χ3n) is 2.38. The maximum Gasteiger partial charge on any atom is 0.338 e. The van der Waals surface area contributed by atoms with Gasteiger partial charge in [0.25, 0.3) is 0 Å². The van der Waals surface area contributed by atoms with Gasteiger partial charge < -0.3 is 9.47 Å². The topological polar surface area (TPSA) is 52.6 Å². The first kappa shape index (κ1) is 14.3. The van der Waals surface area contributed by atoms with Crippen molar-refractivity contribution in [3.05, 3.63) is 35.9 Å². The average molecular weight is 298 g/mol. The number of carbonyl (C=O) groups excluding carboxylic acids is 2. The van der Waals surface area contributed by atoms with E-state index in [1.165, 1.54) is 18.7 Å². The van der Waals surface area contributed by atoms with Crippen molar-refractivity contribution in [1.29, 1.82) is 0 Å². The van der Waals surface area contributed by atoms with Crippen molar-refractivity contribution < 1.29 is 19.1 Å². The van der Waals surface area contributed by atoms with Crippen LogP contribution in [0.15, 0.2) is 30.3 Å². The van der Waals surface area contributed by atoms with Gasteiger partial charge in [0.2, 0.25) is 0 Å². The Balaban J connectivity index is 1.75. The van der Waals surface area contributed by atoms with Crippen LogP contribution in [0.5, 0.6) is 0 Å². The smallest absolute Gasteiger partial charge is 0.338 e. The van der Waals surface area contributed by atoms with E-state index in [0.29, 0.717) is 12.2 Å². The van der Waals surface area contributed by atoms with Crippen LogP contribution in [0.2, 0.25) is 0 Å². The van der Waals surface area contributed by atoms with Crippen LogP contribution < -0.4 is 0 Å². The lowest BCUT2D eigenvalue weighted by Gasteiger charge is -2.11. The summed E-state index contributed by atoms with van der Waals surface area (Å²) >= 11 is 3.16. The zero-order chi connectivity index (χ0) is 13.7. The van der Waals surface area contributed by atoms with Crippen molar-refractivity contribution in [2.24, 2.45) is 0 Å². The molecule has 1 aliphatic rings. The predicted octanol–water partition coefficient (Wildman–Crippen LogP) is 2.54. The minimum atomic E-state index is -0.322. The van der Waals surface area contributed by atoms with Crippen LogP contribution in [-0.4, -0.2) is 34.3 Å². The molecule has 0 N–H and O–H groups in total. The second-order valence-corrected chi connectivity index (χ2v) is 6.80. The largest absolute Gasteiger partial charge is 0.460 e. The molecule has 2 atom stereocenters. The van der Waals surface area contributed by atoms with E-state index in [-0.39, 0.29) is 22.0 Å². The summed E-state index contributed by atoms with van der Waals surface area (Å²) in [5, 5.41) is 0. The second-order valence-electron chi connectivity index (χ2n) is 3.90. The summed E-state index contributed by atoms with van der Waals surface area (Å²) in [5.74, 6) is 0.135. The fourth-order valence-corrected chi connectivity index (χ4v) is 4.32. The van der Waals surface area contributed by atoms with Crippen molar-refractivity contribution in [1.82, 2.24) is 0 Å². The van der Waals surface area contributed by atoms with Crippen molar-refractivity contribution in [3.8, 4) is 0 Å². The highest BCUT2D eigenvalue weighted by Gasteiger charge is 2.29. The van der Waals surface area contributed by atoms with Gasteiger partial charge in [-0.1, -0.05) is 30.0 Å². The van der Waals surface area contributed by atoms with Gasteiger partial charge in [-0.2, -0.15) is 0 Å². The van der Waals surface area contributed by atoms with Crippen LogP contribution in [0, 0.1) is 0 Å². The van der Waals surface area contributed by atoms with Gasteiger partial charge in [-0.3, -0.25) is 4.79 Å². The first-order valence-electron chi connectivity index (χ1n) is 5.81. The second kappa shape index (κ2) is 6.86. The monoisotopic (exact) mass is 298 g/mol. The summed E-state index contributed by atoms with van der Waals surface area (Å²) in [5.41, 5.74) is 0.412. The summed E-state index contributed by atoms with van der Waals surface area (Å²) in [4.78, 5) is 22.6. The summed E-state index contributed by atoms with van der Waals surface area (Å²) < 4.78 is 10.5. The first-order valence-corrected chi connectivity index (χ1v) is 7.81. The zero-order valence-electron chi connectivity index (χ0n) is 10.4. The molecule has 0 aliphatic carbocycles. The molecule has 1 aromatic carbocycles. The van der Waals surface area contributed by atoms with Crippen molar-refractivity contribution in [3.63, 3.8) is 0 Å². The van der Waals surface area contributed by atoms with E-state index in [1.807, 2.05) is 6.07 Å². The van der Waals surface area contributed by atoms with E-state index < -0.39 is 0 Å². The molecule has 102 valence electrons. The molecule has 0 amide bonds. The van der Waals surface area contributed by atoms with Crippen LogP contribution in [0.25, 0.3) is 0 Å². The number of benzene rings is 1. The van der Waals surface area contributed by atoms with Gasteiger partial charge in [0.15, 0.2) is 5.44 Å². The van der Waals surface area contributed by atoms with Crippen LogP contribution in [0.1, 0.15) is 17.3 Å². The number of ether oxygens (including phenoxy) is 2. The molecule has 6 heteroatoms. The summed E-state index contributed by atoms with van der Waals surface area (Å²) in [6, 6.07) is 8.89. The van der Waals surface area contributed by atoms with Gasteiger partial charge in [-0.15, -0.1) is 11.8 Å². The molecule has 1 heterocycles. The molecule has 4 nitrogen and oxygen atoms in total. The first-order chi connectivity index (χ1) is 9.15. The lowest BCUT2D eigenvalue weighted by atomic mass is 10.2. The third-order valence-corrected chi connectivity index (χ3v) is 5.34. The van der Waals surface area contributed by atoms with Crippen LogP contribution >= 0.6 is 23.5 Å². The number of hydrogen-bond acceptors (Lipinski definition) is 6. The maximum absolute atomic E-state index is 11.7. The lowest BCUT2D eigenvalue weighted by molar-refractivity contribution is -0.141. The highest BCUT2D eigenvalue weighted by Crippen LogP contribution is 2.38. The van der Waals surface area contributed by atoms with Crippen molar-refractivity contribution in [2.75, 3.05) is 12.4 Å². The lowest BCUT2D eigenvalue weighted by Crippen LogP contribution is -2.14. The Morgan fingerprint density at radius 1 is 1.32 bits per heavy atom.